The van der Waals surface area contributed by atoms with Gasteiger partial charge >= 0.3 is 0 Å². The highest BCUT2D eigenvalue weighted by atomic mass is 16.5. The number of rotatable bonds is 8. The number of aliphatic imine (C=N–C) groups is 1. The average molecular weight is 427 g/mol. The molecule has 0 aliphatic carbocycles. The molecule has 0 bridgehead atoms. The molecule has 31 heavy (non-hydrogen) atoms. The Hall–Kier alpha value is -2.93. The fourth-order valence-corrected chi connectivity index (χ4v) is 3.84. The lowest BCUT2D eigenvalue weighted by Crippen LogP contribution is -2.52. The van der Waals surface area contributed by atoms with E-state index in [4.69, 9.17) is 9.47 Å². The largest absolute Gasteiger partial charge is 0.508 e. The predicted molar refractivity (Wildman–Crippen MR) is 124 cm³/mol. The van der Waals surface area contributed by atoms with Crippen LogP contribution in [0.3, 0.4) is 0 Å². The van der Waals surface area contributed by atoms with E-state index in [0.717, 1.165) is 69.6 Å². The summed E-state index contributed by atoms with van der Waals surface area (Å²) in [5.74, 6) is 2.82. The van der Waals surface area contributed by atoms with Gasteiger partial charge in [0.05, 0.1) is 14.2 Å². The lowest BCUT2D eigenvalue weighted by molar-refractivity contribution is 0.172. The molecule has 3 rings (SSSR count). The van der Waals surface area contributed by atoms with Crippen molar-refractivity contribution in [2.45, 2.75) is 19.4 Å². The van der Waals surface area contributed by atoms with E-state index < -0.39 is 0 Å². The van der Waals surface area contributed by atoms with E-state index in [2.05, 4.69) is 32.2 Å². The Kier molecular flexibility index (Phi) is 8.41. The van der Waals surface area contributed by atoms with Crippen LogP contribution >= 0.6 is 0 Å². The van der Waals surface area contributed by atoms with Gasteiger partial charge in [-0.25, -0.2) is 0 Å². The minimum atomic E-state index is 0.313. The zero-order chi connectivity index (χ0) is 22.1. The molecule has 1 saturated heterocycles. The molecule has 1 fully saturated rings. The Balaban J connectivity index is 1.42. The SMILES string of the molecule is CN=C(NCCCc1ccc(O)cc1)N1CCN(Cc2ccc(OC)c(OC)c2)CC1. The number of nitrogens with zero attached hydrogens (tertiary/aromatic N) is 3. The van der Waals surface area contributed by atoms with Crippen molar-refractivity contribution in [3.63, 3.8) is 0 Å². The average Bonchev–Trinajstić information content (AvgIpc) is 2.81. The first-order chi connectivity index (χ1) is 15.1. The van der Waals surface area contributed by atoms with E-state index in [9.17, 15) is 5.11 Å². The maximum Gasteiger partial charge on any atom is 0.193 e. The minimum absolute atomic E-state index is 0.313. The number of guanidine groups is 1. The summed E-state index contributed by atoms with van der Waals surface area (Å²) in [7, 11) is 5.17. The normalized spacial score (nSPS) is 15.1. The van der Waals surface area contributed by atoms with Crippen LogP contribution in [0.4, 0.5) is 0 Å². The number of benzene rings is 2. The molecule has 1 heterocycles. The van der Waals surface area contributed by atoms with Crippen molar-refractivity contribution in [2.75, 3.05) is 54.0 Å². The van der Waals surface area contributed by atoms with Crippen LogP contribution in [0.25, 0.3) is 0 Å². The fourth-order valence-electron chi connectivity index (χ4n) is 3.84. The van der Waals surface area contributed by atoms with E-state index in [1.54, 1.807) is 26.4 Å². The standard InChI is InChI=1S/C24H34N4O3/c1-25-24(26-12-4-5-19-6-9-21(29)10-7-19)28-15-13-27(14-16-28)18-20-8-11-22(30-2)23(17-20)31-3/h6-11,17,29H,4-5,12-16,18H2,1-3H3,(H,25,26). The van der Waals surface area contributed by atoms with E-state index in [1.165, 1.54) is 11.1 Å². The van der Waals surface area contributed by atoms with Gasteiger partial charge in [-0.2, -0.15) is 0 Å². The van der Waals surface area contributed by atoms with Gasteiger partial charge in [0.2, 0.25) is 0 Å². The summed E-state index contributed by atoms with van der Waals surface area (Å²) in [6, 6.07) is 13.5. The summed E-state index contributed by atoms with van der Waals surface area (Å²) in [6.07, 6.45) is 1.99. The number of ether oxygens (including phenoxy) is 2. The minimum Gasteiger partial charge on any atom is -0.508 e. The molecule has 7 nitrogen and oxygen atoms in total. The summed E-state index contributed by atoms with van der Waals surface area (Å²) < 4.78 is 10.8. The highest BCUT2D eigenvalue weighted by Gasteiger charge is 2.20. The molecule has 2 aromatic rings. The number of phenols is 1. The van der Waals surface area contributed by atoms with E-state index in [1.807, 2.05) is 25.2 Å². The zero-order valence-electron chi connectivity index (χ0n) is 18.8. The highest BCUT2D eigenvalue weighted by molar-refractivity contribution is 5.80. The van der Waals surface area contributed by atoms with Crippen molar-refractivity contribution in [3.05, 3.63) is 53.6 Å². The van der Waals surface area contributed by atoms with Gasteiger partial charge in [0, 0.05) is 46.3 Å². The molecule has 0 atom stereocenters. The first-order valence-corrected chi connectivity index (χ1v) is 10.8. The van der Waals surface area contributed by atoms with Gasteiger partial charge in [-0.1, -0.05) is 18.2 Å². The molecule has 2 aromatic carbocycles. The van der Waals surface area contributed by atoms with Crippen molar-refractivity contribution in [1.82, 2.24) is 15.1 Å². The van der Waals surface area contributed by atoms with Crippen molar-refractivity contribution >= 4 is 5.96 Å². The molecule has 1 aliphatic heterocycles. The Morgan fingerprint density at radius 3 is 2.29 bits per heavy atom. The summed E-state index contributed by atoms with van der Waals surface area (Å²) in [5, 5.41) is 12.9. The van der Waals surface area contributed by atoms with Gasteiger partial charge in [-0.15, -0.1) is 0 Å². The number of piperazine rings is 1. The quantitative estimate of drug-likeness (QED) is 0.384. The van der Waals surface area contributed by atoms with Gasteiger partial charge in [0.25, 0.3) is 0 Å². The van der Waals surface area contributed by atoms with E-state index >= 15 is 0 Å². The predicted octanol–water partition coefficient (Wildman–Crippen LogP) is 2.74. The molecule has 0 amide bonds. The van der Waals surface area contributed by atoms with Crippen LogP contribution in [0, 0.1) is 0 Å². The highest BCUT2D eigenvalue weighted by Crippen LogP contribution is 2.28. The van der Waals surface area contributed by atoms with Crippen LogP contribution in [-0.2, 0) is 13.0 Å². The lowest BCUT2D eigenvalue weighted by atomic mass is 10.1. The molecule has 0 spiro atoms. The third-order valence-electron chi connectivity index (χ3n) is 5.60. The van der Waals surface area contributed by atoms with Crippen LogP contribution < -0.4 is 14.8 Å². The van der Waals surface area contributed by atoms with Gasteiger partial charge in [-0.3, -0.25) is 9.89 Å². The smallest absolute Gasteiger partial charge is 0.193 e. The molecule has 0 unspecified atom stereocenters. The van der Waals surface area contributed by atoms with Crippen molar-refractivity contribution in [1.29, 1.82) is 0 Å². The number of phenolic OH excluding ortho intramolecular Hbond substituents is 1. The second kappa shape index (κ2) is 11.5. The van der Waals surface area contributed by atoms with Crippen LogP contribution in [0.1, 0.15) is 17.5 Å². The number of aromatic hydroxyl groups is 1. The number of hydrogen-bond donors (Lipinski definition) is 2. The number of methoxy groups -OCH3 is 2. The second-order valence-electron chi connectivity index (χ2n) is 7.70. The van der Waals surface area contributed by atoms with Crippen LogP contribution in [-0.4, -0.2) is 74.9 Å². The van der Waals surface area contributed by atoms with Crippen LogP contribution in [0.5, 0.6) is 17.2 Å². The maximum absolute atomic E-state index is 9.38. The molecule has 168 valence electrons. The fraction of sp³-hybridized carbons (Fsp3) is 0.458. The number of aryl methyl sites for hydroxylation is 1. The van der Waals surface area contributed by atoms with Crippen LogP contribution in [0.2, 0.25) is 0 Å². The Bertz CT molecular complexity index is 846. The second-order valence-corrected chi connectivity index (χ2v) is 7.70. The van der Waals surface area contributed by atoms with Gasteiger partial charge in [0.1, 0.15) is 5.75 Å². The molecule has 2 N–H and O–H groups in total. The zero-order valence-corrected chi connectivity index (χ0v) is 18.8. The monoisotopic (exact) mass is 426 g/mol. The number of hydrogen-bond acceptors (Lipinski definition) is 5. The Morgan fingerprint density at radius 2 is 1.65 bits per heavy atom. The number of nitrogens with one attached hydrogen (secondary N) is 1. The summed E-state index contributed by atoms with van der Waals surface area (Å²) in [5.41, 5.74) is 2.46. The molecular formula is C24H34N4O3. The van der Waals surface area contributed by atoms with Crippen LogP contribution in [0.15, 0.2) is 47.5 Å². The molecule has 0 radical (unpaired) electrons. The third-order valence-corrected chi connectivity index (χ3v) is 5.60. The molecular weight excluding hydrogens is 392 g/mol. The van der Waals surface area contributed by atoms with Crippen molar-refractivity contribution in [2.24, 2.45) is 4.99 Å². The summed E-state index contributed by atoms with van der Waals surface area (Å²) in [6.45, 7) is 5.65. The summed E-state index contributed by atoms with van der Waals surface area (Å²) in [4.78, 5) is 9.25. The molecule has 0 saturated carbocycles. The third kappa shape index (κ3) is 6.52. The summed E-state index contributed by atoms with van der Waals surface area (Å²) >= 11 is 0. The molecule has 0 aromatic heterocycles. The lowest BCUT2D eigenvalue weighted by Gasteiger charge is -2.36. The Labute approximate surface area is 185 Å². The Morgan fingerprint density at radius 1 is 0.968 bits per heavy atom. The first kappa shape index (κ1) is 22.7. The van der Waals surface area contributed by atoms with E-state index in [-0.39, 0.29) is 0 Å². The van der Waals surface area contributed by atoms with Gasteiger partial charge in [-0.05, 0) is 48.2 Å². The van der Waals surface area contributed by atoms with Crippen molar-refractivity contribution in [3.8, 4) is 17.2 Å². The van der Waals surface area contributed by atoms with Gasteiger partial charge < -0.3 is 24.8 Å². The first-order valence-electron chi connectivity index (χ1n) is 10.8. The van der Waals surface area contributed by atoms with Crippen molar-refractivity contribution < 1.29 is 14.6 Å². The molecule has 7 heteroatoms. The maximum atomic E-state index is 9.38. The molecule has 1 aliphatic rings. The van der Waals surface area contributed by atoms with E-state index in [0.29, 0.717) is 5.75 Å². The topological polar surface area (TPSA) is 69.6 Å². The van der Waals surface area contributed by atoms with Gasteiger partial charge in [0.15, 0.2) is 17.5 Å².